The lowest BCUT2D eigenvalue weighted by Crippen LogP contribution is -2.28. The molecule has 0 aliphatic rings. The van der Waals surface area contributed by atoms with Gasteiger partial charge in [-0.3, -0.25) is 9.59 Å². The minimum atomic E-state index is -0.175. The number of amides is 1. The van der Waals surface area contributed by atoms with E-state index >= 15 is 0 Å². The topological polar surface area (TPSA) is 64.6 Å². The predicted octanol–water partition coefficient (Wildman–Crippen LogP) is 1.51. The first-order chi connectivity index (χ1) is 8.56. The molecule has 0 aromatic carbocycles. The Hall–Kier alpha value is -1.10. The summed E-state index contributed by atoms with van der Waals surface area (Å²) >= 11 is 0. The van der Waals surface area contributed by atoms with Crippen molar-refractivity contribution in [3.8, 4) is 0 Å². The molecule has 106 valence electrons. The zero-order valence-electron chi connectivity index (χ0n) is 11.7. The number of carbonyl (C=O) groups is 2. The highest BCUT2D eigenvalue weighted by Gasteiger charge is 2.05. The fourth-order valence-electron chi connectivity index (χ4n) is 1.22. The van der Waals surface area contributed by atoms with E-state index in [1.165, 1.54) is 0 Å². The average Bonchev–Trinajstić information content (AvgIpc) is 2.30. The minimum absolute atomic E-state index is 0.0694. The van der Waals surface area contributed by atoms with E-state index in [2.05, 4.69) is 5.32 Å². The number of esters is 1. The second kappa shape index (κ2) is 11.0. The van der Waals surface area contributed by atoms with Gasteiger partial charge in [0.15, 0.2) is 0 Å². The molecule has 0 atom stereocenters. The van der Waals surface area contributed by atoms with Gasteiger partial charge in [0.2, 0.25) is 5.91 Å². The van der Waals surface area contributed by atoms with Gasteiger partial charge in [-0.1, -0.05) is 20.8 Å². The predicted molar refractivity (Wildman–Crippen MR) is 69.2 cm³/mol. The molecule has 0 unspecified atom stereocenters. The molecule has 0 bridgehead atoms. The van der Waals surface area contributed by atoms with Crippen LogP contribution in [0.2, 0.25) is 0 Å². The molecule has 0 radical (unpaired) electrons. The van der Waals surface area contributed by atoms with Crippen molar-refractivity contribution in [2.24, 2.45) is 5.92 Å². The first kappa shape index (κ1) is 16.9. The van der Waals surface area contributed by atoms with Crippen molar-refractivity contribution < 1.29 is 19.1 Å². The third-order valence-electron chi connectivity index (χ3n) is 2.08. The molecule has 0 rings (SSSR count). The van der Waals surface area contributed by atoms with Crippen molar-refractivity contribution in [2.45, 2.75) is 40.0 Å². The molecule has 0 spiro atoms. The highest BCUT2D eigenvalue weighted by molar-refractivity contribution is 5.77. The van der Waals surface area contributed by atoms with Gasteiger partial charge in [-0.25, -0.2) is 0 Å². The van der Waals surface area contributed by atoms with E-state index in [0.717, 1.165) is 6.42 Å². The molecule has 0 fully saturated rings. The molecule has 0 aromatic heterocycles. The van der Waals surface area contributed by atoms with Gasteiger partial charge in [0.25, 0.3) is 0 Å². The van der Waals surface area contributed by atoms with Gasteiger partial charge in [0.1, 0.15) is 6.61 Å². The molecule has 0 saturated heterocycles. The normalized spacial score (nSPS) is 10.4. The van der Waals surface area contributed by atoms with E-state index in [9.17, 15) is 9.59 Å². The third-order valence-corrected chi connectivity index (χ3v) is 2.08. The molecule has 0 saturated carbocycles. The van der Waals surface area contributed by atoms with Crippen LogP contribution in [0.1, 0.15) is 40.0 Å². The minimum Gasteiger partial charge on any atom is -0.466 e. The van der Waals surface area contributed by atoms with Crippen molar-refractivity contribution in [3.05, 3.63) is 0 Å². The van der Waals surface area contributed by atoms with Crippen LogP contribution in [0.3, 0.4) is 0 Å². The van der Waals surface area contributed by atoms with Crippen LogP contribution >= 0.6 is 0 Å². The SMILES string of the molecule is CCCNC(=O)COCCCOC(=O)CC(C)C. The molecule has 5 nitrogen and oxygen atoms in total. The first-order valence-corrected chi connectivity index (χ1v) is 6.56. The summed E-state index contributed by atoms with van der Waals surface area (Å²) < 4.78 is 10.2. The maximum Gasteiger partial charge on any atom is 0.306 e. The van der Waals surface area contributed by atoms with Crippen LogP contribution in [0.15, 0.2) is 0 Å². The fraction of sp³-hybridized carbons (Fsp3) is 0.846. The van der Waals surface area contributed by atoms with Crippen molar-refractivity contribution in [1.29, 1.82) is 0 Å². The highest BCUT2D eigenvalue weighted by atomic mass is 16.5. The van der Waals surface area contributed by atoms with Crippen LogP contribution in [-0.2, 0) is 19.1 Å². The van der Waals surface area contributed by atoms with Gasteiger partial charge in [-0.2, -0.15) is 0 Å². The van der Waals surface area contributed by atoms with Crippen LogP contribution in [0.4, 0.5) is 0 Å². The summed E-state index contributed by atoms with van der Waals surface area (Å²) in [5.41, 5.74) is 0. The molecular formula is C13H25NO4. The summed E-state index contributed by atoms with van der Waals surface area (Å²) in [6, 6.07) is 0. The van der Waals surface area contributed by atoms with Gasteiger partial charge >= 0.3 is 5.97 Å². The lowest BCUT2D eigenvalue weighted by atomic mass is 10.1. The Morgan fingerprint density at radius 3 is 2.56 bits per heavy atom. The second-order valence-electron chi connectivity index (χ2n) is 4.57. The highest BCUT2D eigenvalue weighted by Crippen LogP contribution is 2.01. The maximum atomic E-state index is 11.2. The van der Waals surface area contributed by atoms with Crippen LogP contribution in [0.5, 0.6) is 0 Å². The molecule has 1 N–H and O–H groups in total. The van der Waals surface area contributed by atoms with Crippen LogP contribution in [0.25, 0.3) is 0 Å². The van der Waals surface area contributed by atoms with Crippen LogP contribution < -0.4 is 5.32 Å². The maximum absolute atomic E-state index is 11.2. The van der Waals surface area contributed by atoms with Crippen molar-refractivity contribution >= 4 is 11.9 Å². The summed E-state index contributed by atoms with van der Waals surface area (Å²) in [7, 11) is 0. The third kappa shape index (κ3) is 11.4. The zero-order valence-corrected chi connectivity index (χ0v) is 11.7. The molecule has 0 aromatic rings. The number of ether oxygens (including phenoxy) is 2. The van der Waals surface area contributed by atoms with Gasteiger partial charge < -0.3 is 14.8 Å². The summed E-state index contributed by atoms with van der Waals surface area (Å²) in [6.07, 6.45) is 1.97. The second-order valence-corrected chi connectivity index (χ2v) is 4.57. The molecule has 1 amide bonds. The largest absolute Gasteiger partial charge is 0.466 e. The van der Waals surface area contributed by atoms with E-state index in [1.807, 2.05) is 20.8 Å². The Kier molecular flexibility index (Phi) is 10.3. The summed E-state index contributed by atoms with van der Waals surface area (Å²) in [6.45, 7) is 7.46. The van der Waals surface area contributed by atoms with Crippen molar-refractivity contribution in [3.63, 3.8) is 0 Å². The molecule has 0 heterocycles. The molecule has 0 aliphatic heterocycles. The number of hydrogen-bond acceptors (Lipinski definition) is 4. The molecule has 18 heavy (non-hydrogen) atoms. The van der Waals surface area contributed by atoms with Crippen LogP contribution in [0, 0.1) is 5.92 Å². The summed E-state index contributed by atoms with van der Waals surface area (Å²) in [4.78, 5) is 22.3. The average molecular weight is 259 g/mol. The summed E-state index contributed by atoms with van der Waals surface area (Å²) in [5, 5.41) is 2.71. The number of nitrogens with one attached hydrogen (secondary N) is 1. The lowest BCUT2D eigenvalue weighted by molar-refractivity contribution is -0.145. The van der Waals surface area contributed by atoms with Crippen molar-refractivity contribution in [1.82, 2.24) is 5.32 Å². The summed E-state index contributed by atoms with van der Waals surface area (Å²) in [5.74, 6) is 0.0374. The molecule has 0 aliphatic carbocycles. The van der Waals surface area contributed by atoms with E-state index < -0.39 is 0 Å². The standard InChI is InChI=1S/C13H25NO4/c1-4-6-14-12(15)10-17-7-5-8-18-13(16)9-11(2)3/h11H,4-10H2,1-3H3,(H,14,15). The Bertz CT molecular complexity index is 241. The number of hydrogen-bond donors (Lipinski definition) is 1. The van der Waals surface area contributed by atoms with E-state index in [-0.39, 0.29) is 18.5 Å². The number of carbonyl (C=O) groups excluding carboxylic acids is 2. The van der Waals surface area contributed by atoms with Crippen molar-refractivity contribution in [2.75, 3.05) is 26.4 Å². The molecule has 5 heteroatoms. The Morgan fingerprint density at radius 1 is 1.22 bits per heavy atom. The quantitative estimate of drug-likeness (QED) is 0.477. The van der Waals surface area contributed by atoms with E-state index in [0.29, 0.717) is 38.5 Å². The van der Waals surface area contributed by atoms with E-state index in [1.54, 1.807) is 0 Å². The fourth-order valence-corrected chi connectivity index (χ4v) is 1.22. The monoisotopic (exact) mass is 259 g/mol. The molecular weight excluding hydrogens is 234 g/mol. The van der Waals surface area contributed by atoms with Gasteiger partial charge in [-0.15, -0.1) is 0 Å². The van der Waals surface area contributed by atoms with Gasteiger partial charge in [0.05, 0.1) is 13.2 Å². The Labute approximate surface area is 109 Å². The van der Waals surface area contributed by atoms with Crippen LogP contribution in [-0.4, -0.2) is 38.2 Å². The first-order valence-electron chi connectivity index (χ1n) is 6.56. The van der Waals surface area contributed by atoms with Gasteiger partial charge in [0, 0.05) is 19.4 Å². The Morgan fingerprint density at radius 2 is 1.94 bits per heavy atom. The van der Waals surface area contributed by atoms with E-state index in [4.69, 9.17) is 9.47 Å². The smallest absolute Gasteiger partial charge is 0.306 e. The van der Waals surface area contributed by atoms with Gasteiger partial charge in [-0.05, 0) is 12.3 Å². The number of rotatable bonds is 10. The Balaban J connectivity index is 3.30. The zero-order chi connectivity index (χ0) is 13.8. The lowest BCUT2D eigenvalue weighted by Gasteiger charge is -2.07.